The second-order valence-corrected chi connectivity index (χ2v) is 9.57. The Kier molecular flexibility index (Phi) is 8.32. The van der Waals surface area contributed by atoms with Crippen molar-refractivity contribution in [3.63, 3.8) is 0 Å². The first kappa shape index (κ1) is 26.9. The summed E-state index contributed by atoms with van der Waals surface area (Å²) in [6.45, 7) is 2.67. The molecule has 2 aromatic heterocycles. The Morgan fingerprint density at radius 3 is 2.65 bits per heavy atom. The molecule has 1 saturated heterocycles. The number of likely N-dealkylation sites (N-methyl/N-ethyl adjacent to an activating group) is 2. The second-order valence-electron chi connectivity index (χ2n) is 8.73. The molecule has 37 heavy (non-hydrogen) atoms. The van der Waals surface area contributed by atoms with Gasteiger partial charge >= 0.3 is 0 Å². The van der Waals surface area contributed by atoms with Gasteiger partial charge in [-0.2, -0.15) is 5.23 Å². The van der Waals surface area contributed by atoms with E-state index in [9.17, 15) is 10.0 Å². The summed E-state index contributed by atoms with van der Waals surface area (Å²) in [6.07, 6.45) is 0. The molecule has 4 rings (SSSR count). The van der Waals surface area contributed by atoms with Crippen LogP contribution in [0.15, 0.2) is 42.5 Å². The molecule has 11 nitrogen and oxygen atoms in total. The molecule has 13 heteroatoms. The average molecular weight is 547 g/mol. The molecule has 0 spiro atoms. The van der Waals surface area contributed by atoms with Crippen molar-refractivity contribution in [3.05, 3.63) is 57.7 Å². The van der Waals surface area contributed by atoms with E-state index in [0.29, 0.717) is 64.8 Å². The number of benzene rings is 1. The topological polar surface area (TPSA) is 138 Å². The number of aromatic nitrogens is 2. The first-order chi connectivity index (χ1) is 17.6. The maximum absolute atomic E-state index is 12.8. The van der Waals surface area contributed by atoms with Gasteiger partial charge in [0.25, 0.3) is 0 Å². The fourth-order valence-electron chi connectivity index (χ4n) is 4.02. The van der Waals surface area contributed by atoms with Gasteiger partial charge in [-0.25, -0.2) is 15.2 Å². The number of rotatable bonds is 8. The zero-order chi connectivity index (χ0) is 26.7. The number of pyridine rings is 2. The number of anilines is 4. The van der Waals surface area contributed by atoms with Gasteiger partial charge in [-0.05, 0) is 43.4 Å². The molecule has 1 unspecified atom stereocenters. The summed E-state index contributed by atoms with van der Waals surface area (Å²) in [7, 11) is 3.81. The van der Waals surface area contributed by atoms with Gasteiger partial charge in [0.1, 0.15) is 11.6 Å². The van der Waals surface area contributed by atoms with Crippen molar-refractivity contribution >= 4 is 57.9 Å². The number of hydrogen-bond donors (Lipinski definition) is 4. The van der Waals surface area contributed by atoms with E-state index in [1.807, 2.05) is 36.0 Å². The fraction of sp³-hybridized carbons (Fsp3) is 0.292. The first-order valence-electron chi connectivity index (χ1n) is 11.5. The predicted molar refractivity (Wildman–Crippen MR) is 146 cm³/mol. The highest BCUT2D eigenvalue weighted by Crippen LogP contribution is 2.37. The van der Waals surface area contributed by atoms with E-state index in [0.717, 1.165) is 6.54 Å². The summed E-state index contributed by atoms with van der Waals surface area (Å²) in [4.78, 5) is 27.5. The van der Waals surface area contributed by atoms with Crippen LogP contribution in [0.4, 0.5) is 28.8 Å². The highest BCUT2D eigenvalue weighted by Gasteiger charge is 2.27. The third-order valence-corrected chi connectivity index (χ3v) is 6.60. The van der Waals surface area contributed by atoms with Crippen LogP contribution in [0.1, 0.15) is 0 Å². The Bertz CT molecular complexity index is 1290. The van der Waals surface area contributed by atoms with Gasteiger partial charge in [-0.1, -0.05) is 23.2 Å². The Hall–Kier alpha value is -3.19. The molecular formula is C24H28Cl2N8O3. The average Bonchev–Trinajstić information content (AvgIpc) is 2.84. The molecule has 3 heterocycles. The standard InChI is InChI=1S/C24H28Cl2N8O3/c1-31-11-12-33(22(35)14-31)18-6-8-21(30-23(18)16-4-3-15(25)13-17(16)26)32(2)10-9-28-20-7-5-19(34(36)37)24(27)29-20/h3-8,13,34,36H,9-12,14H2,1-2H3,(H3,27,28,29). The van der Waals surface area contributed by atoms with Crippen LogP contribution in [0.5, 0.6) is 0 Å². The van der Waals surface area contributed by atoms with Crippen LogP contribution >= 0.6 is 23.2 Å². The Labute approximate surface area is 224 Å². The number of quaternary nitrogens is 1. The van der Waals surface area contributed by atoms with E-state index in [1.54, 1.807) is 29.2 Å². The molecule has 1 amide bonds. The van der Waals surface area contributed by atoms with Crippen LogP contribution in [0.25, 0.3) is 11.3 Å². The summed E-state index contributed by atoms with van der Waals surface area (Å²) in [5.74, 6) is 1.10. The van der Waals surface area contributed by atoms with Crippen molar-refractivity contribution in [3.8, 4) is 11.3 Å². The molecule has 0 bridgehead atoms. The van der Waals surface area contributed by atoms with Gasteiger partial charge in [0.05, 0.1) is 22.9 Å². The molecule has 1 fully saturated rings. The fourth-order valence-corrected chi connectivity index (χ4v) is 4.52. The Morgan fingerprint density at radius 1 is 1.19 bits per heavy atom. The smallest absolute Gasteiger partial charge is 0.241 e. The van der Waals surface area contributed by atoms with Crippen LogP contribution in [-0.2, 0) is 4.79 Å². The molecule has 196 valence electrons. The van der Waals surface area contributed by atoms with E-state index in [1.165, 1.54) is 6.07 Å². The number of piperazine rings is 1. The number of nitrogens with one attached hydrogen (secondary N) is 2. The molecule has 0 aliphatic carbocycles. The molecule has 3 aromatic rings. The number of carbonyl (C=O) groups excluding carboxylic acids is 1. The van der Waals surface area contributed by atoms with Crippen LogP contribution in [0.3, 0.4) is 0 Å². The van der Waals surface area contributed by atoms with E-state index < -0.39 is 5.23 Å². The molecular weight excluding hydrogens is 519 g/mol. The third kappa shape index (κ3) is 6.21. The van der Waals surface area contributed by atoms with Crippen molar-refractivity contribution in [1.82, 2.24) is 14.9 Å². The van der Waals surface area contributed by atoms with Crippen molar-refractivity contribution < 1.29 is 15.2 Å². The van der Waals surface area contributed by atoms with Gasteiger partial charge < -0.3 is 26.1 Å². The van der Waals surface area contributed by atoms with Gasteiger partial charge in [-0.3, -0.25) is 9.69 Å². The number of nitrogen functional groups attached to an aromatic ring is 1. The number of carbonyl (C=O) groups is 1. The van der Waals surface area contributed by atoms with Crippen molar-refractivity contribution in [1.29, 1.82) is 0 Å². The largest absolute Gasteiger partial charge is 0.595 e. The quantitative estimate of drug-likeness (QED) is 0.313. The van der Waals surface area contributed by atoms with E-state index in [4.69, 9.17) is 39.1 Å². The highest BCUT2D eigenvalue weighted by atomic mass is 35.5. The second kappa shape index (κ2) is 11.5. The van der Waals surface area contributed by atoms with E-state index >= 15 is 0 Å². The molecule has 5 N–H and O–H groups in total. The summed E-state index contributed by atoms with van der Waals surface area (Å²) in [5.41, 5.74) is 7.65. The third-order valence-electron chi connectivity index (χ3n) is 6.05. The molecule has 0 saturated carbocycles. The maximum atomic E-state index is 12.8. The number of hydrogen-bond acceptors (Lipinski definition) is 9. The summed E-state index contributed by atoms with van der Waals surface area (Å²) >= 11 is 12.7. The lowest BCUT2D eigenvalue weighted by Crippen LogP contribution is -2.99. The lowest BCUT2D eigenvalue weighted by Gasteiger charge is -2.33. The highest BCUT2D eigenvalue weighted by molar-refractivity contribution is 6.36. The molecule has 1 atom stereocenters. The van der Waals surface area contributed by atoms with Gasteiger partial charge in [0, 0.05) is 49.9 Å². The minimum atomic E-state index is -1.12. The maximum Gasteiger partial charge on any atom is 0.241 e. The SMILES string of the molecule is CN1CCN(c2ccc(N(C)CCNc3ccc([NH+]([O-])O)c(N)n3)nc2-c2ccc(Cl)cc2Cl)C(=O)C1. The zero-order valence-corrected chi connectivity index (χ0v) is 21.9. The van der Waals surface area contributed by atoms with Crippen molar-refractivity contribution in [2.75, 3.05) is 67.7 Å². The number of nitrogens with zero attached hydrogens (tertiary/aromatic N) is 5. The van der Waals surface area contributed by atoms with Crippen LogP contribution < -0.4 is 26.1 Å². The zero-order valence-electron chi connectivity index (χ0n) is 20.4. The van der Waals surface area contributed by atoms with Gasteiger partial charge in [0.2, 0.25) is 11.6 Å². The number of halogens is 2. The van der Waals surface area contributed by atoms with Gasteiger partial charge in [-0.15, -0.1) is 0 Å². The van der Waals surface area contributed by atoms with E-state index in [-0.39, 0.29) is 17.4 Å². The minimum Gasteiger partial charge on any atom is -0.595 e. The lowest BCUT2D eigenvalue weighted by molar-refractivity contribution is -0.990. The summed E-state index contributed by atoms with van der Waals surface area (Å²) < 4.78 is 0. The van der Waals surface area contributed by atoms with Crippen molar-refractivity contribution in [2.45, 2.75) is 0 Å². The van der Waals surface area contributed by atoms with Crippen LogP contribution in [-0.4, -0.2) is 72.8 Å². The van der Waals surface area contributed by atoms with Gasteiger partial charge in [0.15, 0.2) is 5.82 Å². The predicted octanol–water partition coefficient (Wildman–Crippen LogP) is 2.26. The Balaban J connectivity index is 1.56. The van der Waals surface area contributed by atoms with Crippen LogP contribution in [0.2, 0.25) is 10.0 Å². The molecule has 1 aliphatic heterocycles. The number of amides is 1. The van der Waals surface area contributed by atoms with Crippen LogP contribution in [0, 0.1) is 5.21 Å². The molecule has 1 aromatic carbocycles. The summed E-state index contributed by atoms with van der Waals surface area (Å²) in [5, 5.41) is 23.2. The lowest BCUT2D eigenvalue weighted by atomic mass is 10.1. The molecule has 1 aliphatic rings. The molecule has 0 radical (unpaired) electrons. The van der Waals surface area contributed by atoms with E-state index in [2.05, 4.69) is 10.3 Å². The monoisotopic (exact) mass is 546 g/mol. The summed E-state index contributed by atoms with van der Waals surface area (Å²) in [6, 6.07) is 12.0. The Morgan fingerprint density at radius 2 is 1.97 bits per heavy atom. The first-order valence-corrected chi connectivity index (χ1v) is 12.3. The normalized spacial score (nSPS) is 15.1. The number of nitrogens with two attached hydrogens (primary N) is 1. The van der Waals surface area contributed by atoms with Crippen molar-refractivity contribution in [2.24, 2.45) is 0 Å². The minimum absolute atomic E-state index is 0.00659.